The average Bonchev–Trinajstić information content (AvgIpc) is 2.76. The maximum atomic E-state index is 12.2. The van der Waals surface area contributed by atoms with Gasteiger partial charge in [0.1, 0.15) is 5.75 Å². The van der Waals surface area contributed by atoms with Crippen LogP contribution < -0.4 is 9.64 Å². The molecule has 0 N–H and O–H groups in total. The van der Waals surface area contributed by atoms with Gasteiger partial charge in [-0.2, -0.15) is 0 Å². The summed E-state index contributed by atoms with van der Waals surface area (Å²) in [7, 11) is 0. The van der Waals surface area contributed by atoms with Crippen LogP contribution in [0.4, 0.5) is 5.69 Å². The highest BCUT2D eigenvalue weighted by atomic mass is 16.5. The minimum absolute atomic E-state index is 0.183. The molecule has 5 heteroatoms. The molecule has 2 aromatic rings. The van der Waals surface area contributed by atoms with Crippen molar-refractivity contribution in [2.75, 3.05) is 4.90 Å². The van der Waals surface area contributed by atoms with Gasteiger partial charge < -0.3 is 4.74 Å². The molecule has 0 aliphatic carbocycles. The molecule has 2 heterocycles. The monoisotopic (exact) mass is 324 g/mol. The van der Waals surface area contributed by atoms with Crippen LogP contribution in [-0.4, -0.2) is 16.8 Å². The second kappa shape index (κ2) is 6.07. The molecule has 24 heavy (non-hydrogen) atoms. The van der Waals surface area contributed by atoms with Crippen LogP contribution in [0, 0.1) is 25.7 Å². The predicted octanol–water partition coefficient (Wildman–Crippen LogP) is 3.64. The van der Waals surface area contributed by atoms with Crippen molar-refractivity contribution < 1.29 is 14.3 Å². The number of aromatic nitrogens is 1. The first-order chi connectivity index (χ1) is 11.4. The molecule has 0 saturated carbocycles. The number of rotatable bonds is 3. The van der Waals surface area contributed by atoms with Gasteiger partial charge in [0.2, 0.25) is 17.7 Å². The predicted molar refractivity (Wildman–Crippen MR) is 91.0 cm³/mol. The summed E-state index contributed by atoms with van der Waals surface area (Å²) >= 11 is 0. The number of anilines is 1. The summed E-state index contributed by atoms with van der Waals surface area (Å²) in [4.78, 5) is 29.9. The summed E-state index contributed by atoms with van der Waals surface area (Å²) in [6.45, 7) is 7.51. The number of imide groups is 1. The molecule has 124 valence electrons. The van der Waals surface area contributed by atoms with Gasteiger partial charge in [-0.1, -0.05) is 26.0 Å². The first-order valence-electron chi connectivity index (χ1n) is 7.97. The average molecular weight is 324 g/mol. The Labute approximate surface area is 141 Å². The van der Waals surface area contributed by atoms with Crippen molar-refractivity contribution in [2.45, 2.75) is 27.7 Å². The molecule has 1 aromatic heterocycles. The lowest BCUT2D eigenvalue weighted by Crippen LogP contribution is -2.30. The summed E-state index contributed by atoms with van der Waals surface area (Å²) in [5.74, 6) is 0.195. The number of amides is 2. The Morgan fingerprint density at radius 2 is 1.67 bits per heavy atom. The van der Waals surface area contributed by atoms with Crippen LogP contribution in [0.1, 0.15) is 25.0 Å². The lowest BCUT2D eigenvalue weighted by molar-refractivity contribution is -0.122. The standard InChI is InChI=1S/C19H20N2O3/c1-11-5-6-12(2)16(9-11)24-17-8-7-15(10-20-17)21-18(22)13(3)14(4)19(21)23/h5-10,13-14H,1-4H3/t13-,14?/m0/s1. The lowest BCUT2D eigenvalue weighted by atomic mass is 10.00. The number of pyridine rings is 1. The summed E-state index contributed by atoms with van der Waals surface area (Å²) < 4.78 is 5.80. The van der Waals surface area contributed by atoms with E-state index in [2.05, 4.69) is 4.98 Å². The smallest absolute Gasteiger partial charge is 0.237 e. The highest BCUT2D eigenvalue weighted by molar-refractivity contribution is 6.21. The number of ether oxygens (including phenoxy) is 1. The van der Waals surface area contributed by atoms with E-state index in [0.717, 1.165) is 16.9 Å². The number of hydrogen-bond donors (Lipinski definition) is 0. The fourth-order valence-corrected chi connectivity index (χ4v) is 2.69. The van der Waals surface area contributed by atoms with Gasteiger partial charge in [0, 0.05) is 17.9 Å². The third kappa shape index (κ3) is 2.77. The Balaban J connectivity index is 1.82. The van der Waals surface area contributed by atoms with E-state index in [4.69, 9.17) is 4.74 Å². The van der Waals surface area contributed by atoms with E-state index in [-0.39, 0.29) is 23.7 Å². The minimum atomic E-state index is -0.302. The molecule has 3 rings (SSSR count). The van der Waals surface area contributed by atoms with Crippen LogP contribution in [0.3, 0.4) is 0 Å². The van der Waals surface area contributed by atoms with Gasteiger partial charge in [0.05, 0.1) is 11.9 Å². The van der Waals surface area contributed by atoms with Crippen molar-refractivity contribution in [3.8, 4) is 11.6 Å². The van der Waals surface area contributed by atoms with Gasteiger partial charge in [-0.3, -0.25) is 9.59 Å². The third-order valence-corrected chi connectivity index (χ3v) is 4.51. The van der Waals surface area contributed by atoms with Crippen LogP contribution in [0.25, 0.3) is 0 Å². The molecule has 2 atom stereocenters. The first-order valence-corrected chi connectivity index (χ1v) is 7.97. The number of nitrogens with zero attached hydrogens (tertiary/aromatic N) is 2. The van der Waals surface area contributed by atoms with Gasteiger partial charge >= 0.3 is 0 Å². The maximum absolute atomic E-state index is 12.2. The fourth-order valence-electron chi connectivity index (χ4n) is 2.69. The van der Waals surface area contributed by atoms with E-state index in [1.807, 2.05) is 32.0 Å². The van der Waals surface area contributed by atoms with Gasteiger partial charge in [-0.15, -0.1) is 0 Å². The number of benzene rings is 1. The number of carbonyl (C=O) groups excluding carboxylic acids is 2. The minimum Gasteiger partial charge on any atom is -0.439 e. The quantitative estimate of drug-likeness (QED) is 0.809. The topological polar surface area (TPSA) is 59.5 Å². The Kier molecular flexibility index (Phi) is 4.09. The molecule has 2 amide bonds. The van der Waals surface area contributed by atoms with E-state index in [9.17, 15) is 9.59 Å². The van der Waals surface area contributed by atoms with Crippen molar-refractivity contribution >= 4 is 17.5 Å². The number of carbonyl (C=O) groups is 2. The highest BCUT2D eigenvalue weighted by Crippen LogP contribution is 2.31. The van der Waals surface area contributed by atoms with Crippen molar-refractivity contribution in [3.63, 3.8) is 0 Å². The summed E-state index contributed by atoms with van der Waals surface area (Å²) in [5, 5.41) is 0. The molecular formula is C19H20N2O3. The van der Waals surface area contributed by atoms with Crippen LogP contribution in [0.15, 0.2) is 36.5 Å². The van der Waals surface area contributed by atoms with Gasteiger partial charge in [-0.05, 0) is 37.1 Å². The van der Waals surface area contributed by atoms with Crippen LogP contribution >= 0.6 is 0 Å². The molecule has 0 radical (unpaired) electrons. The Morgan fingerprint density at radius 1 is 1.00 bits per heavy atom. The Hall–Kier alpha value is -2.69. The zero-order valence-electron chi connectivity index (χ0n) is 14.2. The Bertz CT molecular complexity index is 779. The SMILES string of the molecule is Cc1ccc(C)c(Oc2ccc(N3C(=O)C(C)[C@H](C)C3=O)cn2)c1. The number of hydrogen-bond acceptors (Lipinski definition) is 4. The largest absolute Gasteiger partial charge is 0.439 e. The van der Waals surface area contributed by atoms with E-state index in [1.165, 1.54) is 11.1 Å². The number of aryl methyl sites for hydroxylation is 2. The molecule has 1 aliphatic rings. The molecule has 1 saturated heterocycles. The summed E-state index contributed by atoms with van der Waals surface area (Å²) in [6, 6.07) is 9.32. The summed E-state index contributed by atoms with van der Waals surface area (Å²) in [6.07, 6.45) is 1.50. The van der Waals surface area contributed by atoms with Gasteiger partial charge in [0.15, 0.2) is 0 Å². The molecule has 1 unspecified atom stereocenters. The van der Waals surface area contributed by atoms with Crippen molar-refractivity contribution in [1.29, 1.82) is 0 Å². The molecule has 0 bridgehead atoms. The molecule has 0 spiro atoms. The zero-order valence-corrected chi connectivity index (χ0v) is 14.2. The maximum Gasteiger partial charge on any atom is 0.237 e. The third-order valence-electron chi connectivity index (χ3n) is 4.51. The molecule has 1 aromatic carbocycles. The van der Waals surface area contributed by atoms with Crippen molar-refractivity contribution in [3.05, 3.63) is 47.7 Å². The highest BCUT2D eigenvalue weighted by Gasteiger charge is 2.43. The lowest BCUT2D eigenvalue weighted by Gasteiger charge is -2.15. The van der Waals surface area contributed by atoms with E-state index >= 15 is 0 Å². The van der Waals surface area contributed by atoms with Gasteiger partial charge in [-0.25, -0.2) is 9.88 Å². The molecule has 5 nitrogen and oxygen atoms in total. The molecule has 1 aliphatic heterocycles. The van der Waals surface area contributed by atoms with Crippen LogP contribution in [-0.2, 0) is 9.59 Å². The van der Waals surface area contributed by atoms with E-state index < -0.39 is 0 Å². The second-order valence-electron chi connectivity index (χ2n) is 6.31. The van der Waals surface area contributed by atoms with Crippen LogP contribution in [0.2, 0.25) is 0 Å². The molecular weight excluding hydrogens is 304 g/mol. The van der Waals surface area contributed by atoms with Gasteiger partial charge in [0.25, 0.3) is 0 Å². The zero-order chi connectivity index (χ0) is 17.4. The van der Waals surface area contributed by atoms with Crippen LogP contribution in [0.5, 0.6) is 11.6 Å². The van der Waals surface area contributed by atoms with E-state index in [0.29, 0.717) is 11.6 Å². The molecule has 1 fully saturated rings. The van der Waals surface area contributed by atoms with Crippen molar-refractivity contribution in [1.82, 2.24) is 4.98 Å². The second-order valence-corrected chi connectivity index (χ2v) is 6.31. The first kappa shape index (κ1) is 16.2. The Morgan fingerprint density at radius 3 is 2.25 bits per heavy atom. The fraction of sp³-hybridized carbons (Fsp3) is 0.316. The summed E-state index contributed by atoms with van der Waals surface area (Å²) in [5.41, 5.74) is 2.59. The normalized spacial score (nSPS) is 20.6. The van der Waals surface area contributed by atoms with Crippen molar-refractivity contribution in [2.24, 2.45) is 11.8 Å². The van der Waals surface area contributed by atoms with E-state index in [1.54, 1.807) is 26.0 Å².